The summed E-state index contributed by atoms with van der Waals surface area (Å²) in [7, 11) is 0. The molecule has 2 rings (SSSR count). The number of benzene rings is 1. The third kappa shape index (κ3) is 4.76. The SMILES string of the molecule is CCCC(NC(=O)c1cc(O)ccc1O)c1cc(C)cc(N)n1.Cl. The highest BCUT2D eigenvalue weighted by Gasteiger charge is 2.19. The van der Waals surface area contributed by atoms with Crippen LogP contribution in [0.4, 0.5) is 5.82 Å². The maximum atomic E-state index is 12.4. The zero-order valence-electron chi connectivity index (χ0n) is 13.6. The molecule has 0 bridgehead atoms. The number of nitrogens with one attached hydrogen (secondary N) is 1. The van der Waals surface area contributed by atoms with Crippen LogP contribution in [0.15, 0.2) is 30.3 Å². The minimum Gasteiger partial charge on any atom is -0.508 e. The van der Waals surface area contributed by atoms with Gasteiger partial charge in [-0.1, -0.05) is 13.3 Å². The molecule has 2 aromatic rings. The molecule has 0 spiro atoms. The molecule has 0 saturated heterocycles. The van der Waals surface area contributed by atoms with Crippen molar-refractivity contribution in [3.63, 3.8) is 0 Å². The van der Waals surface area contributed by atoms with Gasteiger partial charge in [0.15, 0.2) is 0 Å². The van der Waals surface area contributed by atoms with Crippen LogP contribution in [0.3, 0.4) is 0 Å². The van der Waals surface area contributed by atoms with E-state index in [2.05, 4.69) is 10.3 Å². The van der Waals surface area contributed by atoms with Crippen molar-refractivity contribution >= 4 is 24.1 Å². The van der Waals surface area contributed by atoms with Gasteiger partial charge in [-0.25, -0.2) is 4.98 Å². The number of aromatic hydroxyl groups is 2. The summed E-state index contributed by atoms with van der Waals surface area (Å²) in [6, 6.07) is 7.14. The summed E-state index contributed by atoms with van der Waals surface area (Å²) in [5, 5.41) is 22.1. The number of aromatic nitrogens is 1. The van der Waals surface area contributed by atoms with Crippen LogP contribution < -0.4 is 11.1 Å². The van der Waals surface area contributed by atoms with E-state index in [9.17, 15) is 15.0 Å². The molecule has 24 heavy (non-hydrogen) atoms. The van der Waals surface area contributed by atoms with Gasteiger partial charge in [-0.15, -0.1) is 12.4 Å². The van der Waals surface area contributed by atoms with Gasteiger partial charge in [0.2, 0.25) is 0 Å². The molecule has 1 heterocycles. The van der Waals surface area contributed by atoms with E-state index in [1.165, 1.54) is 18.2 Å². The standard InChI is InChI=1S/C17H21N3O3.ClH/c1-3-4-13(14-7-10(2)8-16(18)19-14)20-17(23)12-9-11(21)5-6-15(12)22;/h5-9,13,21-22H,3-4H2,1-2H3,(H2,18,19)(H,20,23);1H. The molecule has 0 fully saturated rings. The van der Waals surface area contributed by atoms with Crippen molar-refractivity contribution in [1.82, 2.24) is 10.3 Å². The Bertz CT molecular complexity index is 702. The third-order valence-electron chi connectivity index (χ3n) is 3.47. The maximum absolute atomic E-state index is 12.4. The Labute approximate surface area is 147 Å². The number of phenolic OH excluding ortho intramolecular Hbond substituents is 2. The average molecular weight is 352 g/mol. The number of hydrogen-bond acceptors (Lipinski definition) is 5. The second kappa shape index (κ2) is 8.40. The first-order valence-corrected chi connectivity index (χ1v) is 7.47. The maximum Gasteiger partial charge on any atom is 0.255 e. The highest BCUT2D eigenvalue weighted by atomic mass is 35.5. The van der Waals surface area contributed by atoms with Gasteiger partial charge in [0.05, 0.1) is 17.3 Å². The lowest BCUT2D eigenvalue weighted by atomic mass is 10.0. The first kappa shape index (κ1) is 19.6. The summed E-state index contributed by atoms with van der Waals surface area (Å²) in [4.78, 5) is 16.7. The van der Waals surface area contributed by atoms with Crippen LogP contribution in [0.1, 0.15) is 47.4 Å². The van der Waals surface area contributed by atoms with E-state index in [1.54, 1.807) is 6.07 Å². The number of hydrogen-bond donors (Lipinski definition) is 4. The Balaban J connectivity index is 0.00000288. The van der Waals surface area contributed by atoms with E-state index in [-0.39, 0.29) is 35.5 Å². The number of carbonyl (C=O) groups excluding carboxylic acids is 1. The lowest BCUT2D eigenvalue weighted by Gasteiger charge is -2.19. The number of aryl methyl sites for hydroxylation is 1. The Morgan fingerprint density at radius 1 is 1.29 bits per heavy atom. The van der Waals surface area contributed by atoms with Gasteiger partial charge >= 0.3 is 0 Å². The molecule has 1 amide bonds. The summed E-state index contributed by atoms with van der Waals surface area (Å²) < 4.78 is 0. The monoisotopic (exact) mass is 351 g/mol. The number of anilines is 1. The number of rotatable bonds is 5. The minimum atomic E-state index is -0.473. The Morgan fingerprint density at radius 2 is 2.00 bits per heavy atom. The van der Waals surface area contributed by atoms with E-state index in [0.29, 0.717) is 17.9 Å². The Kier molecular flexibility index (Phi) is 6.85. The van der Waals surface area contributed by atoms with Gasteiger partial charge in [-0.3, -0.25) is 4.79 Å². The van der Waals surface area contributed by atoms with Crippen LogP contribution in [-0.4, -0.2) is 21.1 Å². The smallest absolute Gasteiger partial charge is 0.255 e. The van der Waals surface area contributed by atoms with Gasteiger partial charge in [-0.2, -0.15) is 0 Å². The molecule has 1 aromatic carbocycles. The second-order valence-corrected chi connectivity index (χ2v) is 5.51. The first-order valence-electron chi connectivity index (χ1n) is 7.47. The fourth-order valence-corrected chi connectivity index (χ4v) is 2.42. The predicted octanol–water partition coefficient (Wildman–Crippen LogP) is 3.08. The number of carbonyl (C=O) groups is 1. The molecule has 1 aromatic heterocycles. The average Bonchev–Trinajstić information content (AvgIpc) is 2.48. The minimum absolute atomic E-state index is 0. The number of phenols is 2. The number of nitrogens with two attached hydrogens (primary N) is 1. The number of pyridine rings is 1. The highest BCUT2D eigenvalue weighted by Crippen LogP contribution is 2.24. The van der Waals surface area contributed by atoms with Crippen molar-refractivity contribution < 1.29 is 15.0 Å². The topological polar surface area (TPSA) is 108 Å². The largest absolute Gasteiger partial charge is 0.508 e. The summed E-state index contributed by atoms with van der Waals surface area (Å²) in [5.74, 6) is -0.348. The zero-order valence-corrected chi connectivity index (χ0v) is 14.4. The first-order chi connectivity index (χ1) is 10.9. The van der Waals surface area contributed by atoms with E-state index >= 15 is 0 Å². The van der Waals surface area contributed by atoms with Crippen molar-refractivity contribution in [2.75, 3.05) is 5.73 Å². The van der Waals surface area contributed by atoms with Gasteiger partial charge in [0.1, 0.15) is 17.3 Å². The Hall–Kier alpha value is -2.47. The van der Waals surface area contributed by atoms with E-state index in [0.717, 1.165) is 12.0 Å². The number of amides is 1. The van der Waals surface area contributed by atoms with Gasteiger partial charge in [0.25, 0.3) is 5.91 Å². The van der Waals surface area contributed by atoms with Gasteiger partial charge in [-0.05, 0) is 49.2 Å². The van der Waals surface area contributed by atoms with Crippen molar-refractivity contribution in [2.24, 2.45) is 0 Å². The summed E-state index contributed by atoms with van der Waals surface area (Å²) in [6.07, 6.45) is 1.52. The Morgan fingerprint density at radius 3 is 2.62 bits per heavy atom. The predicted molar refractivity (Wildman–Crippen MR) is 95.5 cm³/mol. The van der Waals surface area contributed by atoms with Crippen LogP contribution in [0.5, 0.6) is 11.5 Å². The molecule has 7 heteroatoms. The zero-order chi connectivity index (χ0) is 17.0. The van der Waals surface area contributed by atoms with Crippen LogP contribution in [0, 0.1) is 6.92 Å². The van der Waals surface area contributed by atoms with Crippen LogP contribution >= 0.6 is 12.4 Å². The number of nitrogens with zero attached hydrogens (tertiary/aromatic N) is 1. The molecule has 1 unspecified atom stereocenters. The molecule has 0 saturated carbocycles. The van der Waals surface area contributed by atoms with E-state index < -0.39 is 5.91 Å². The molecule has 130 valence electrons. The molecular weight excluding hydrogens is 330 g/mol. The quantitative estimate of drug-likeness (QED) is 0.619. The van der Waals surface area contributed by atoms with Gasteiger partial charge in [0, 0.05) is 0 Å². The lowest BCUT2D eigenvalue weighted by molar-refractivity contribution is 0.0930. The van der Waals surface area contributed by atoms with Crippen LogP contribution in [0.2, 0.25) is 0 Å². The van der Waals surface area contributed by atoms with E-state index in [4.69, 9.17) is 5.73 Å². The van der Waals surface area contributed by atoms with Gasteiger partial charge < -0.3 is 21.3 Å². The molecule has 0 radical (unpaired) electrons. The van der Waals surface area contributed by atoms with E-state index in [1.807, 2.05) is 19.9 Å². The normalized spacial score (nSPS) is 11.4. The third-order valence-corrected chi connectivity index (χ3v) is 3.47. The second-order valence-electron chi connectivity index (χ2n) is 5.51. The summed E-state index contributed by atoms with van der Waals surface area (Å²) in [6.45, 7) is 3.91. The summed E-state index contributed by atoms with van der Waals surface area (Å²) >= 11 is 0. The van der Waals surface area contributed by atoms with Crippen molar-refractivity contribution in [3.05, 3.63) is 47.2 Å². The molecule has 1 atom stereocenters. The molecule has 0 aliphatic rings. The molecular formula is C17H22ClN3O3. The lowest BCUT2D eigenvalue weighted by Crippen LogP contribution is -2.29. The molecule has 0 aliphatic carbocycles. The van der Waals surface area contributed by atoms with Crippen molar-refractivity contribution in [1.29, 1.82) is 0 Å². The number of nitrogen functional groups attached to an aromatic ring is 1. The molecule has 0 aliphatic heterocycles. The number of halogens is 1. The fraction of sp³-hybridized carbons (Fsp3) is 0.294. The molecule has 6 nitrogen and oxygen atoms in total. The summed E-state index contributed by atoms with van der Waals surface area (Å²) in [5.41, 5.74) is 7.44. The van der Waals surface area contributed by atoms with Crippen LogP contribution in [0.25, 0.3) is 0 Å². The van der Waals surface area contributed by atoms with Crippen molar-refractivity contribution in [2.45, 2.75) is 32.7 Å². The van der Waals surface area contributed by atoms with Crippen LogP contribution in [-0.2, 0) is 0 Å². The molecule has 5 N–H and O–H groups in total. The highest BCUT2D eigenvalue weighted by molar-refractivity contribution is 5.97. The fourth-order valence-electron chi connectivity index (χ4n) is 2.42. The van der Waals surface area contributed by atoms with Crippen molar-refractivity contribution in [3.8, 4) is 11.5 Å².